The third-order valence-electron chi connectivity index (χ3n) is 5.15. The highest BCUT2D eigenvalue weighted by Crippen LogP contribution is 2.27. The number of hydrogen-bond acceptors (Lipinski definition) is 6. The predicted octanol–water partition coefficient (Wildman–Crippen LogP) is 2.07. The monoisotopic (exact) mass is 474 g/mol. The summed E-state index contributed by atoms with van der Waals surface area (Å²) in [6.07, 6.45) is 7.90. The third-order valence-corrected chi connectivity index (χ3v) is 6.14. The first kappa shape index (κ1) is 27.5. The summed E-state index contributed by atoms with van der Waals surface area (Å²) in [4.78, 5) is 39.7. The molecule has 1 heterocycles. The van der Waals surface area contributed by atoms with Gasteiger partial charge in [0, 0.05) is 18.8 Å². The average Bonchev–Trinajstić information content (AvgIpc) is 3.15. The Labute approximate surface area is 195 Å². The highest BCUT2D eigenvalue weighted by atomic mass is 35.5. The highest BCUT2D eigenvalue weighted by molar-refractivity contribution is 8.14. The number of amides is 2. The van der Waals surface area contributed by atoms with Gasteiger partial charge < -0.3 is 15.3 Å². The molecule has 2 fully saturated rings. The Bertz CT molecular complexity index is 687. The van der Waals surface area contributed by atoms with Gasteiger partial charge in [0.05, 0.1) is 6.61 Å². The molecule has 1 saturated carbocycles. The average molecular weight is 475 g/mol. The van der Waals surface area contributed by atoms with Crippen molar-refractivity contribution in [3.05, 3.63) is 12.2 Å². The van der Waals surface area contributed by atoms with Crippen LogP contribution in [-0.4, -0.2) is 64.3 Å². The first-order valence-corrected chi connectivity index (χ1v) is 11.6. The lowest BCUT2D eigenvalue weighted by Gasteiger charge is -2.29. The van der Waals surface area contributed by atoms with Crippen LogP contribution in [0.4, 0.5) is 0 Å². The van der Waals surface area contributed by atoms with E-state index in [0.717, 1.165) is 44.4 Å². The summed E-state index contributed by atoms with van der Waals surface area (Å²) in [7, 11) is 0. The molecule has 0 bridgehead atoms. The predicted molar refractivity (Wildman–Crippen MR) is 126 cm³/mol. The van der Waals surface area contributed by atoms with Gasteiger partial charge in [0.15, 0.2) is 5.17 Å². The molecule has 0 aromatic rings. The molecule has 31 heavy (non-hydrogen) atoms. The van der Waals surface area contributed by atoms with Crippen LogP contribution in [0.15, 0.2) is 17.3 Å². The molecule has 0 aromatic heterocycles. The van der Waals surface area contributed by atoms with E-state index in [1.54, 1.807) is 6.08 Å². The Morgan fingerprint density at radius 1 is 1.26 bits per heavy atom. The van der Waals surface area contributed by atoms with Crippen molar-refractivity contribution in [2.75, 3.05) is 25.4 Å². The Hall–Kier alpha value is -1.58. The van der Waals surface area contributed by atoms with E-state index in [-0.39, 0.29) is 36.3 Å². The minimum atomic E-state index is -0.854. The van der Waals surface area contributed by atoms with E-state index in [0.29, 0.717) is 11.7 Å². The summed E-state index contributed by atoms with van der Waals surface area (Å²) >= 11 is 1.46. The normalized spacial score (nSPS) is 19.9. The Balaban J connectivity index is 0.00000480. The van der Waals surface area contributed by atoms with E-state index in [2.05, 4.69) is 15.8 Å². The molecule has 10 heteroatoms. The Morgan fingerprint density at radius 2 is 1.94 bits per heavy atom. The lowest BCUT2D eigenvalue weighted by atomic mass is 9.82. The van der Waals surface area contributed by atoms with Crippen molar-refractivity contribution < 1.29 is 19.5 Å². The Morgan fingerprint density at radius 3 is 2.55 bits per heavy atom. The van der Waals surface area contributed by atoms with Crippen molar-refractivity contribution in [1.29, 1.82) is 0 Å². The Kier molecular flexibility index (Phi) is 11.6. The molecule has 1 aliphatic carbocycles. The van der Waals surface area contributed by atoms with Crippen molar-refractivity contribution in [3.8, 4) is 0 Å². The number of ketones is 1. The van der Waals surface area contributed by atoms with E-state index in [9.17, 15) is 14.4 Å². The number of amidine groups is 1. The quantitative estimate of drug-likeness (QED) is 0.282. The topological polar surface area (TPSA) is 111 Å². The van der Waals surface area contributed by atoms with Crippen LogP contribution in [0, 0.1) is 11.3 Å². The number of hydrazone groups is 1. The maximum atomic E-state index is 12.9. The van der Waals surface area contributed by atoms with Crippen molar-refractivity contribution >= 4 is 46.9 Å². The molecule has 1 aliphatic heterocycles. The van der Waals surface area contributed by atoms with Crippen LogP contribution in [0.2, 0.25) is 0 Å². The zero-order chi connectivity index (χ0) is 22.1. The third kappa shape index (κ3) is 9.21. The molecular weight excluding hydrogens is 440 g/mol. The van der Waals surface area contributed by atoms with Crippen LogP contribution >= 0.6 is 24.2 Å². The van der Waals surface area contributed by atoms with Crippen LogP contribution in [0.25, 0.3) is 0 Å². The van der Waals surface area contributed by atoms with Gasteiger partial charge in [-0.2, -0.15) is 0 Å². The van der Waals surface area contributed by atoms with Crippen molar-refractivity contribution in [3.63, 3.8) is 0 Å². The molecule has 1 saturated heterocycles. The molecule has 1 unspecified atom stereocenters. The number of carbonyl (C=O) groups is 3. The van der Waals surface area contributed by atoms with Crippen molar-refractivity contribution in [2.24, 2.45) is 16.4 Å². The number of nitrogens with one attached hydrogen (secondary N) is 2. The number of β-amino-alcohol motifs (C(OH)–C–C–N with tert-alkyl or cyclic N) is 1. The second-order valence-electron chi connectivity index (χ2n) is 8.84. The maximum absolute atomic E-state index is 12.9. The van der Waals surface area contributed by atoms with E-state index in [1.165, 1.54) is 17.8 Å². The van der Waals surface area contributed by atoms with Crippen LogP contribution in [0.1, 0.15) is 52.9 Å². The van der Waals surface area contributed by atoms with Crippen LogP contribution in [0.5, 0.6) is 0 Å². The molecule has 2 aliphatic rings. The summed E-state index contributed by atoms with van der Waals surface area (Å²) in [5.74, 6) is -1.10. The summed E-state index contributed by atoms with van der Waals surface area (Å²) in [5, 5.41) is 16.5. The molecule has 176 valence electrons. The summed E-state index contributed by atoms with van der Waals surface area (Å²) in [6.45, 7) is 7.09. The van der Waals surface area contributed by atoms with E-state index in [4.69, 9.17) is 5.11 Å². The second kappa shape index (κ2) is 13.1. The second-order valence-corrected chi connectivity index (χ2v) is 9.90. The van der Waals surface area contributed by atoms with E-state index < -0.39 is 17.7 Å². The van der Waals surface area contributed by atoms with Gasteiger partial charge in [-0.1, -0.05) is 57.9 Å². The van der Waals surface area contributed by atoms with Gasteiger partial charge in [-0.15, -0.1) is 17.5 Å². The van der Waals surface area contributed by atoms with Gasteiger partial charge in [-0.25, -0.2) is 5.43 Å². The number of carbonyl (C=O) groups excluding carboxylic acids is 3. The standard InChI is InChI=1S/C21H34N4O4S.ClH/c1-21(2,3)10-9-16(27)22-17(15-7-5-4-6-8-15)18(28)19(29)23-24-20-25(11-13-26)12-14-30-20;/h9-10,15,17,26H,4-8,11-14H2,1-3H3,(H,22,27)(H,23,29);1H. The fraction of sp³-hybridized carbons (Fsp3) is 0.714. The summed E-state index contributed by atoms with van der Waals surface area (Å²) in [6, 6.07) is -0.854. The van der Waals surface area contributed by atoms with Gasteiger partial charge in [0.25, 0.3) is 0 Å². The van der Waals surface area contributed by atoms with Gasteiger partial charge >= 0.3 is 5.91 Å². The van der Waals surface area contributed by atoms with E-state index in [1.807, 2.05) is 25.7 Å². The molecule has 2 rings (SSSR count). The smallest absolute Gasteiger partial charge is 0.309 e. The molecule has 0 radical (unpaired) electrons. The number of Topliss-reactive ketones (excluding diaryl/α,β-unsaturated/α-hetero) is 1. The number of aliphatic hydroxyl groups excluding tert-OH is 1. The van der Waals surface area contributed by atoms with E-state index >= 15 is 0 Å². The lowest BCUT2D eigenvalue weighted by Crippen LogP contribution is -2.51. The van der Waals surface area contributed by atoms with Gasteiger partial charge in [-0.3, -0.25) is 14.4 Å². The largest absolute Gasteiger partial charge is 0.395 e. The maximum Gasteiger partial charge on any atom is 0.309 e. The van der Waals surface area contributed by atoms with Crippen LogP contribution in [0.3, 0.4) is 0 Å². The zero-order valence-electron chi connectivity index (χ0n) is 18.6. The number of aliphatic hydroxyl groups is 1. The van der Waals surface area contributed by atoms with Gasteiger partial charge in [0.2, 0.25) is 11.7 Å². The SMILES string of the molecule is CC(C)(C)C=CC(=O)NC(C(=O)C(=O)NN=C1SCCN1CCO)C1CCCCC1.Cl. The highest BCUT2D eigenvalue weighted by Gasteiger charge is 2.34. The molecular formula is C21H35ClN4O4S. The minimum absolute atomic E-state index is 0. The molecule has 0 aromatic carbocycles. The number of nitrogens with zero attached hydrogens (tertiary/aromatic N) is 2. The van der Waals surface area contributed by atoms with Gasteiger partial charge in [0.1, 0.15) is 6.04 Å². The van der Waals surface area contributed by atoms with Gasteiger partial charge in [-0.05, 0) is 30.3 Å². The lowest BCUT2D eigenvalue weighted by molar-refractivity contribution is -0.140. The number of hydrogen-bond donors (Lipinski definition) is 3. The van der Waals surface area contributed by atoms with Crippen LogP contribution < -0.4 is 10.7 Å². The zero-order valence-corrected chi connectivity index (χ0v) is 20.2. The molecule has 1 atom stereocenters. The number of halogens is 1. The van der Waals surface area contributed by atoms with Crippen LogP contribution in [-0.2, 0) is 14.4 Å². The summed E-state index contributed by atoms with van der Waals surface area (Å²) in [5.41, 5.74) is 2.19. The number of rotatable bonds is 8. The summed E-state index contributed by atoms with van der Waals surface area (Å²) < 4.78 is 0. The number of thioether (sulfide) groups is 1. The molecule has 2 amide bonds. The molecule has 3 N–H and O–H groups in total. The fourth-order valence-corrected chi connectivity index (χ4v) is 4.52. The molecule has 8 nitrogen and oxygen atoms in total. The first-order chi connectivity index (χ1) is 14.2. The number of allylic oxidation sites excluding steroid dienone is 1. The van der Waals surface area contributed by atoms with Crippen molar-refractivity contribution in [1.82, 2.24) is 15.6 Å². The fourth-order valence-electron chi connectivity index (χ4n) is 3.55. The first-order valence-electron chi connectivity index (χ1n) is 10.6. The minimum Gasteiger partial charge on any atom is -0.395 e. The van der Waals surface area contributed by atoms with Crippen molar-refractivity contribution in [2.45, 2.75) is 58.9 Å². The molecule has 0 spiro atoms.